The summed E-state index contributed by atoms with van der Waals surface area (Å²) in [5.41, 5.74) is 0.632. The van der Waals surface area contributed by atoms with Crippen LogP contribution < -0.4 is 0 Å². The van der Waals surface area contributed by atoms with Gasteiger partial charge in [-0.2, -0.15) is 0 Å². The van der Waals surface area contributed by atoms with Crippen LogP contribution in [0.15, 0.2) is 24.4 Å². The van der Waals surface area contributed by atoms with Crippen molar-refractivity contribution in [3.05, 3.63) is 40.9 Å². The van der Waals surface area contributed by atoms with E-state index in [9.17, 15) is 14.3 Å². The van der Waals surface area contributed by atoms with Gasteiger partial charge in [-0.25, -0.2) is 9.07 Å². The Balaban J connectivity index is 1.71. The van der Waals surface area contributed by atoms with Gasteiger partial charge in [-0.05, 0) is 38.1 Å². The lowest BCUT2D eigenvalue weighted by atomic mass is 9.90. The van der Waals surface area contributed by atoms with E-state index in [4.69, 9.17) is 11.6 Å². The van der Waals surface area contributed by atoms with Gasteiger partial charge in [0.15, 0.2) is 0 Å². The summed E-state index contributed by atoms with van der Waals surface area (Å²) in [6.07, 6.45) is 2.35. The van der Waals surface area contributed by atoms with Gasteiger partial charge in [0.1, 0.15) is 5.82 Å². The topological polar surface area (TPSA) is 71.2 Å². The number of benzene rings is 1. The summed E-state index contributed by atoms with van der Waals surface area (Å²) in [6.45, 7) is 3.47. The fourth-order valence-electron chi connectivity index (χ4n) is 2.72. The normalized spacial score (nSPS) is 21.7. The number of nitrogens with zero attached hydrogens (tertiary/aromatic N) is 4. The molecule has 6 nitrogen and oxygen atoms in total. The molecular weight excluding hydrogens is 323 g/mol. The van der Waals surface area contributed by atoms with Gasteiger partial charge in [0.25, 0.3) is 0 Å². The lowest BCUT2D eigenvalue weighted by molar-refractivity contribution is -0.147. The van der Waals surface area contributed by atoms with Crippen LogP contribution in [-0.2, 0) is 11.3 Å². The molecule has 1 aliphatic rings. The fourth-order valence-corrected chi connectivity index (χ4v) is 2.89. The number of aromatic nitrogens is 3. The quantitative estimate of drug-likeness (QED) is 0.926. The van der Waals surface area contributed by atoms with E-state index in [0.717, 1.165) is 5.69 Å². The van der Waals surface area contributed by atoms with Crippen molar-refractivity contribution in [2.24, 2.45) is 5.41 Å². The van der Waals surface area contributed by atoms with Crippen molar-refractivity contribution in [2.75, 3.05) is 13.1 Å². The number of carboxylic acid groups (broad SMARTS) is 1. The lowest BCUT2D eigenvalue weighted by Gasteiger charge is -2.19. The molecule has 2 aromatic rings. The minimum absolute atomic E-state index is 0.0244. The van der Waals surface area contributed by atoms with E-state index in [1.807, 2.05) is 4.90 Å². The van der Waals surface area contributed by atoms with Gasteiger partial charge in [-0.3, -0.25) is 9.69 Å². The molecule has 1 atom stereocenters. The fraction of sp³-hybridized carbons (Fsp3) is 0.400. The van der Waals surface area contributed by atoms with Gasteiger partial charge in [0.05, 0.1) is 28.0 Å². The first kappa shape index (κ1) is 15.9. The zero-order chi connectivity index (χ0) is 16.6. The molecule has 0 bridgehead atoms. The molecule has 1 aromatic carbocycles. The Morgan fingerprint density at radius 1 is 1.52 bits per heavy atom. The highest BCUT2D eigenvalue weighted by molar-refractivity contribution is 6.30. The molecule has 1 aliphatic heterocycles. The maximum absolute atomic E-state index is 13.2. The van der Waals surface area contributed by atoms with E-state index in [2.05, 4.69) is 10.3 Å². The van der Waals surface area contributed by atoms with E-state index in [-0.39, 0.29) is 5.02 Å². The lowest BCUT2D eigenvalue weighted by Crippen LogP contribution is -2.31. The maximum Gasteiger partial charge on any atom is 0.310 e. The highest BCUT2D eigenvalue weighted by Gasteiger charge is 2.40. The molecule has 23 heavy (non-hydrogen) atoms. The predicted octanol–water partition coefficient (Wildman–Crippen LogP) is 2.36. The molecule has 0 saturated carbocycles. The Hall–Kier alpha value is -1.99. The molecular formula is C15H16ClFN4O2. The molecule has 8 heteroatoms. The molecule has 0 aliphatic carbocycles. The zero-order valence-corrected chi connectivity index (χ0v) is 13.3. The second-order valence-electron chi connectivity index (χ2n) is 6.08. The SMILES string of the molecule is CC1(C(=O)O)CCN(Cc2cn(-c3ccc(F)c(Cl)c3)nn2)C1. The number of halogens is 2. The number of aliphatic carboxylic acids is 1. The number of hydrogen-bond acceptors (Lipinski definition) is 4. The second kappa shape index (κ2) is 5.90. The number of carboxylic acids is 1. The Morgan fingerprint density at radius 3 is 2.96 bits per heavy atom. The summed E-state index contributed by atoms with van der Waals surface area (Å²) in [5, 5.41) is 17.4. The van der Waals surface area contributed by atoms with Crippen LogP contribution in [0.25, 0.3) is 5.69 Å². The van der Waals surface area contributed by atoms with Crippen LogP contribution in [0.1, 0.15) is 19.0 Å². The summed E-state index contributed by atoms with van der Waals surface area (Å²) >= 11 is 5.77. The standard InChI is InChI=1S/C15H16ClFN4O2/c1-15(14(22)23)4-5-20(9-15)7-10-8-21(19-18-10)11-2-3-13(17)12(16)6-11/h2-3,6,8H,4-5,7,9H2,1H3,(H,22,23). The van der Waals surface area contributed by atoms with Crippen molar-refractivity contribution in [2.45, 2.75) is 19.9 Å². The minimum Gasteiger partial charge on any atom is -0.481 e. The molecule has 3 rings (SSSR count). The molecule has 1 unspecified atom stereocenters. The highest BCUT2D eigenvalue weighted by atomic mass is 35.5. The van der Waals surface area contributed by atoms with Crippen LogP contribution in [0, 0.1) is 11.2 Å². The largest absolute Gasteiger partial charge is 0.481 e. The molecule has 1 saturated heterocycles. The van der Waals surface area contributed by atoms with E-state index in [1.165, 1.54) is 16.8 Å². The van der Waals surface area contributed by atoms with E-state index >= 15 is 0 Å². The molecule has 0 radical (unpaired) electrons. The molecule has 122 valence electrons. The molecule has 1 fully saturated rings. The van der Waals surface area contributed by atoms with E-state index in [1.54, 1.807) is 19.2 Å². The third-order valence-corrected chi connectivity index (χ3v) is 4.45. The van der Waals surface area contributed by atoms with Gasteiger partial charge in [-0.1, -0.05) is 16.8 Å². The predicted molar refractivity (Wildman–Crippen MR) is 82.0 cm³/mol. The van der Waals surface area contributed by atoms with Gasteiger partial charge in [-0.15, -0.1) is 5.10 Å². The number of rotatable bonds is 4. The average molecular weight is 339 g/mol. The van der Waals surface area contributed by atoms with Gasteiger partial charge < -0.3 is 5.11 Å². The highest BCUT2D eigenvalue weighted by Crippen LogP contribution is 2.30. The van der Waals surface area contributed by atoms with Crippen LogP contribution in [0.3, 0.4) is 0 Å². The summed E-state index contributed by atoms with van der Waals surface area (Å²) < 4.78 is 14.7. The molecule has 0 amide bonds. The third kappa shape index (κ3) is 3.20. The van der Waals surface area contributed by atoms with Crippen LogP contribution in [0.5, 0.6) is 0 Å². The Bertz CT molecular complexity index is 751. The summed E-state index contributed by atoms with van der Waals surface area (Å²) in [7, 11) is 0. The number of likely N-dealkylation sites (tertiary alicyclic amines) is 1. The minimum atomic E-state index is -0.774. The first-order valence-electron chi connectivity index (χ1n) is 7.20. The van der Waals surface area contributed by atoms with Crippen LogP contribution in [0.4, 0.5) is 4.39 Å². The van der Waals surface area contributed by atoms with Crippen molar-refractivity contribution >= 4 is 17.6 Å². The first-order valence-corrected chi connectivity index (χ1v) is 7.58. The smallest absolute Gasteiger partial charge is 0.310 e. The number of carbonyl (C=O) groups is 1. The van der Waals surface area contributed by atoms with Gasteiger partial charge in [0.2, 0.25) is 0 Å². The zero-order valence-electron chi connectivity index (χ0n) is 12.5. The third-order valence-electron chi connectivity index (χ3n) is 4.16. The molecule has 1 aromatic heterocycles. The van der Waals surface area contributed by atoms with Crippen molar-refractivity contribution in [1.29, 1.82) is 0 Å². The van der Waals surface area contributed by atoms with Crippen LogP contribution in [0.2, 0.25) is 5.02 Å². The van der Waals surface area contributed by atoms with Gasteiger partial charge >= 0.3 is 5.97 Å². The number of hydrogen-bond donors (Lipinski definition) is 1. The summed E-state index contributed by atoms with van der Waals surface area (Å²) in [5.74, 6) is -1.26. The molecule has 2 heterocycles. The van der Waals surface area contributed by atoms with Gasteiger partial charge in [0, 0.05) is 13.1 Å². The second-order valence-corrected chi connectivity index (χ2v) is 6.49. The van der Waals surface area contributed by atoms with Crippen LogP contribution >= 0.6 is 11.6 Å². The Labute approximate surface area is 137 Å². The Kier molecular flexibility index (Phi) is 4.08. The van der Waals surface area contributed by atoms with Crippen molar-refractivity contribution < 1.29 is 14.3 Å². The molecule has 1 N–H and O–H groups in total. The molecule has 0 spiro atoms. The monoisotopic (exact) mass is 338 g/mol. The van der Waals surface area contributed by atoms with E-state index < -0.39 is 17.2 Å². The maximum atomic E-state index is 13.2. The van der Waals surface area contributed by atoms with E-state index in [0.29, 0.717) is 31.7 Å². The first-order chi connectivity index (χ1) is 10.9. The summed E-state index contributed by atoms with van der Waals surface area (Å²) in [6, 6.07) is 4.32. The van der Waals surface area contributed by atoms with Crippen molar-refractivity contribution in [3.8, 4) is 5.69 Å². The van der Waals surface area contributed by atoms with Crippen molar-refractivity contribution in [1.82, 2.24) is 19.9 Å². The average Bonchev–Trinajstić information content (AvgIpc) is 3.10. The van der Waals surface area contributed by atoms with Crippen molar-refractivity contribution in [3.63, 3.8) is 0 Å². The Morgan fingerprint density at radius 2 is 2.30 bits per heavy atom. The summed E-state index contributed by atoms with van der Waals surface area (Å²) in [4.78, 5) is 13.3. The van der Waals surface area contributed by atoms with Crippen LogP contribution in [-0.4, -0.2) is 44.1 Å².